The molecule has 1 amide bonds. The summed E-state index contributed by atoms with van der Waals surface area (Å²) in [4.78, 5) is 17.0. The van der Waals surface area contributed by atoms with Gasteiger partial charge in [-0.2, -0.15) is 0 Å². The zero-order valence-corrected chi connectivity index (χ0v) is 14.2. The number of benzene rings is 1. The predicted octanol–water partition coefficient (Wildman–Crippen LogP) is 2.63. The summed E-state index contributed by atoms with van der Waals surface area (Å²) in [6, 6.07) is 11.1. The molecule has 2 aromatic heterocycles. The van der Waals surface area contributed by atoms with Gasteiger partial charge in [0.15, 0.2) is 0 Å². The molecule has 0 radical (unpaired) electrons. The lowest BCUT2D eigenvalue weighted by Gasteiger charge is -2.26. The van der Waals surface area contributed by atoms with E-state index in [1.165, 1.54) is 0 Å². The number of aromatic nitrogens is 2. The van der Waals surface area contributed by atoms with Crippen LogP contribution in [0.2, 0.25) is 5.02 Å². The lowest BCUT2D eigenvalue weighted by atomic mass is 10.2. The van der Waals surface area contributed by atoms with Crippen LogP contribution in [0.5, 0.6) is 0 Å². The van der Waals surface area contributed by atoms with Crippen molar-refractivity contribution in [3.63, 3.8) is 0 Å². The molecule has 0 bridgehead atoms. The maximum atomic E-state index is 12.4. The van der Waals surface area contributed by atoms with Gasteiger partial charge in [0.25, 0.3) is 5.91 Å². The summed E-state index contributed by atoms with van der Waals surface area (Å²) in [5.74, 6) is -0.134. The SMILES string of the molecule is O=C(NN1CCOCC1)c1ccc2nc(-c3ccc(Cl)cc3)cn2c1. The second kappa shape index (κ2) is 6.84. The Hall–Kier alpha value is -2.41. The number of hydrogen-bond acceptors (Lipinski definition) is 4. The van der Waals surface area contributed by atoms with Gasteiger partial charge in [-0.15, -0.1) is 0 Å². The highest BCUT2D eigenvalue weighted by Gasteiger charge is 2.15. The van der Waals surface area contributed by atoms with E-state index in [1.54, 1.807) is 12.3 Å². The van der Waals surface area contributed by atoms with Crippen LogP contribution in [0.4, 0.5) is 0 Å². The minimum absolute atomic E-state index is 0.134. The third-order valence-corrected chi connectivity index (χ3v) is 4.38. The Morgan fingerprint density at radius 1 is 1.08 bits per heavy atom. The number of ether oxygens (including phenoxy) is 1. The van der Waals surface area contributed by atoms with Crippen molar-refractivity contribution in [3.05, 3.63) is 59.4 Å². The number of amides is 1. The molecule has 6 nitrogen and oxygen atoms in total. The van der Waals surface area contributed by atoms with Gasteiger partial charge in [0, 0.05) is 36.1 Å². The Balaban J connectivity index is 1.57. The van der Waals surface area contributed by atoms with Gasteiger partial charge in [-0.05, 0) is 24.3 Å². The zero-order chi connectivity index (χ0) is 17.2. The number of hydrazine groups is 1. The maximum absolute atomic E-state index is 12.4. The van der Waals surface area contributed by atoms with Crippen LogP contribution in [0.1, 0.15) is 10.4 Å². The lowest BCUT2D eigenvalue weighted by Crippen LogP contribution is -2.48. The summed E-state index contributed by atoms with van der Waals surface area (Å²) in [6.45, 7) is 2.65. The number of fused-ring (bicyclic) bond motifs is 1. The minimum Gasteiger partial charge on any atom is -0.379 e. The van der Waals surface area contributed by atoms with E-state index in [9.17, 15) is 4.79 Å². The molecule has 0 spiro atoms. The summed E-state index contributed by atoms with van der Waals surface area (Å²) in [6.07, 6.45) is 3.70. The predicted molar refractivity (Wildman–Crippen MR) is 95.5 cm³/mol. The van der Waals surface area contributed by atoms with Crippen LogP contribution in [0, 0.1) is 0 Å². The number of pyridine rings is 1. The maximum Gasteiger partial charge on any atom is 0.267 e. The van der Waals surface area contributed by atoms with E-state index in [4.69, 9.17) is 16.3 Å². The third kappa shape index (κ3) is 3.51. The molecule has 3 aromatic rings. The number of imidazole rings is 1. The zero-order valence-electron chi connectivity index (χ0n) is 13.5. The first-order valence-corrected chi connectivity index (χ1v) is 8.45. The summed E-state index contributed by atoms with van der Waals surface area (Å²) in [5.41, 5.74) is 6.09. The summed E-state index contributed by atoms with van der Waals surface area (Å²) in [7, 11) is 0. The molecule has 0 saturated carbocycles. The third-order valence-electron chi connectivity index (χ3n) is 4.12. The number of halogens is 1. The van der Waals surface area contributed by atoms with Crippen LogP contribution in [0.3, 0.4) is 0 Å². The fourth-order valence-electron chi connectivity index (χ4n) is 2.77. The Morgan fingerprint density at radius 2 is 1.84 bits per heavy atom. The highest BCUT2D eigenvalue weighted by molar-refractivity contribution is 6.30. The molecule has 1 fully saturated rings. The van der Waals surface area contributed by atoms with Gasteiger partial charge in [0.1, 0.15) is 5.65 Å². The molecule has 128 valence electrons. The van der Waals surface area contributed by atoms with Gasteiger partial charge in [0.05, 0.1) is 24.5 Å². The van der Waals surface area contributed by atoms with E-state index in [0.717, 1.165) is 16.9 Å². The van der Waals surface area contributed by atoms with E-state index >= 15 is 0 Å². The minimum atomic E-state index is -0.134. The molecule has 3 heterocycles. The van der Waals surface area contributed by atoms with E-state index in [-0.39, 0.29) is 5.91 Å². The Morgan fingerprint density at radius 3 is 2.60 bits per heavy atom. The fraction of sp³-hybridized carbons (Fsp3) is 0.222. The van der Waals surface area contributed by atoms with Gasteiger partial charge in [-0.1, -0.05) is 23.7 Å². The number of carbonyl (C=O) groups excluding carboxylic acids is 1. The van der Waals surface area contributed by atoms with E-state index < -0.39 is 0 Å². The standard InChI is InChI=1S/C18H17ClN4O2/c19-15-4-1-13(2-5-15)16-12-22-11-14(3-6-17(22)20-16)18(24)21-23-7-9-25-10-8-23/h1-6,11-12H,7-10H2,(H,21,24). The summed E-state index contributed by atoms with van der Waals surface area (Å²) < 4.78 is 7.14. The Bertz CT molecular complexity index is 901. The summed E-state index contributed by atoms with van der Waals surface area (Å²) >= 11 is 5.93. The Kier molecular flexibility index (Phi) is 4.40. The van der Waals surface area contributed by atoms with E-state index in [2.05, 4.69) is 10.4 Å². The molecule has 0 atom stereocenters. The number of nitrogens with one attached hydrogen (secondary N) is 1. The molecule has 1 N–H and O–H groups in total. The van der Waals surface area contributed by atoms with Crippen LogP contribution in [-0.4, -0.2) is 46.6 Å². The van der Waals surface area contributed by atoms with Crippen molar-refractivity contribution in [2.45, 2.75) is 0 Å². The molecule has 0 aliphatic carbocycles. The average molecular weight is 357 g/mol. The monoisotopic (exact) mass is 356 g/mol. The smallest absolute Gasteiger partial charge is 0.267 e. The summed E-state index contributed by atoms with van der Waals surface area (Å²) in [5, 5.41) is 2.57. The van der Waals surface area contributed by atoms with Crippen molar-refractivity contribution in [1.82, 2.24) is 19.8 Å². The van der Waals surface area contributed by atoms with Crippen molar-refractivity contribution in [2.75, 3.05) is 26.3 Å². The molecule has 25 heavy (non-hydrogen) atoms. The van der Waals surface area contributed by atoms with E-state index in [0.29, 0.717) is 36.9 Å². The molecule has 1 saturated heterocycles. The molecule has 1 aromatic carbocycles. The van der Waals surface area contributed by atoms with Gasteiger partial charge in [-0.3, -0.25) is 10.2 Å². The van der Waals surface area contributed by atoms with Crippen LogP contribution in [0.25, 0.3) is 16.9 Å². The van der Waals surface area contributed by atoms with Crippen molar-refractivity contribution in [3.8, 4) is 11.3 Å². The van der Waals surface area contributed by atoms with Crippen molar-refractivity contribution < 1.29 is 9.53 Å². The second-order valence-corrected chi connectivity index (χ2v) is 6.29. The molecular formula is C18H17ClN4O2. The number of carbonyl (C=O) groups is 1. The van der Waals surface area contributed by atoms with Gasteiger partial charge in [0.2, 0.25) is 0 Å². The van der Waals surface area contributed by atoms with Gasteiger partial charge >= 0.3 is 0 Å². The van der Waals surface area contributed by atoms with Crippen molar-refractivity contribution in [1.29, 1.82) is 0 Å². The van der Waals surface area contributed by atoms with Crippen LogP contribution < -0.4 is 5.43 Å². The first-order chi connectivity index (χ1) is 12.2. The average Bonchev–Trinajstić information content (AvgIpc) is 3.06. The Labute approximate surface area is 150 Å². The molecule has 4 rings (SSSR count). The molecule has 7 heteroatoms. The molecule has 1 aliphatic heterocycles. The molecular weight excluding hydrogens is 340 g/mol. The highest BCUT2D eigenvalue weighted by atomic mass is 35.5. The van der Waals surface area contributed by atoms with Crippen LogP contribution in [0.15, 0.2) is 48.8 Å². The number of morpholine rings is 1. The number of hydrogen-bond donors (Lipinski definition) is 1. The van der Waals surface area contributed by atoms with E-state index in [1.807, 2.05) is 45.9 Å². The van der Waals surface area contributed by atoms with Gasteiger partial charge in [-0.25, -0.2) is 9.99 Å². The first-order valence-electron chi connectivity index (χ1n) is 8.07. The van der Waals surface area contributed by atoms with Crippen LogP contribution >= 0.6 is 11.6 Å². The topological polar surface area (TPSA) is 58.9 Å². The molecule has 1 aliphatic rings. The number of nitrogens with zero attached hydrogens (tertiary/aromatic N) is 3. The normalized spacial score (nSPS) is 15.4. The number of rotatable bonds is 3. The lowest BCUT2D eigenvalue weighted by molar-refractivity contribution is 0.0126. The second-order valence-electron chi connectivity index (χ2n) is 5.86. The quantitative estimate of drug-likeness (QED) is 0.783. The largest absolute Gasteiger partial charge is 0.379 e. The van der Waals surface area contributed by atoms with Gasteiger partial charge < -0.3 is 9.14 Å². The fourth-order valence-corrected chi connectivity index (χ4v) is 2.90. The highest BCUT2D eigenvalue weighted by Crippen LogP contribution is 2.21. The molecule has 0 unspecified atom stereocenters. The van der Waals surface area contributed by atoms with Crippen LogP contribution in [-0.2, 0) is 4.74 Å². The van der Waals surface area contributed by atoms with Crippen molar-refractivity contribution >= 4 is 23.2 Å². The van der Waals surface area contributed by atoms with Crippen molar-refractivity contribution in [2.24, 2.45) is 0 Å². The first kappa shape index (κ1) is 16.1.